The van der Waals surface area contributed by atoms with Gasteiger partial charge in [-0.2, -0.15) is 13.2 Å². The number of imidazole rings is 1. The minimum Gasteiger partial charge on any atom is -0.389 e. The van der Waals surface area contributed by atoms with Crippen molar-refractivity contribution in [3.63, 3.8) is 0 Å². The van der Waals surface area contributed by atoms with Gasteiger partial charge in [-0.3, -0.25) is 0 Å². The minimum absolute atomic E-state index is 0.00415. The van der Waals surface area contributed by atoms with Gasteiger partial charge in [0.15, 0.2) is 0 Å². The number of halogens is 5. The molecule has 0 aliphatic carbocycles. The van der Waals surface area contributed by atoms with Gasteiger partial charge in [-0.05, 0) is 48.0 Å². The Morgan fingerprint density at radius 3 is 2.65 bits per heavy atom. The van der Waals surface area contributed by atoms with Crippen molar-refractivity contribution < 1.29 is 18.3 Å². The molecule has 31 heavy (non-hydrogen) atoms. The van der Waals surface area contributed by atoms with Crippen LogP contribution in [0.3, 0.4) is 0 Å². The van der Waals surface area contributed by atoms with Crippen molar-refractivity contribution in [1.29, 1.82) is 0 Å². The standard InChI is InChI=1S/C20H20BrClF3N5O/c1-10-9-29(18-15(22)5-12(8-26-18)11(2)31)3-4-30(10)19-27-16-7-13(20(23,24)25)6-14(21)17(16)28-19/h5-8,10-11,31H,3-4,9H2,1-2H3,(H,27,28)/t10-,11+/m1/s1. The quantitative estimate of drug-likeness (QED) is 0.501. The van der Waals surface area contributed by atoms with E-state index in [1.54, 1.807) is 19.2 Å². The number of aromatic nitrogens is 3. The zero-order chi connectivity index (χ0) is 22.5. The molecule has 4 rings (SSSR count). The molecule has 11 heteroatoms. The Morgan fingerprint density at radius 1 is 1.29 bits per heavy atom. The summed E-state index contributed by atoms with van der Waals surface area (Å²) < 4.78 is 39.7. The number of aliphatic hydroxyl groups is 1. The van der Waals surface area contributed by atoms with Gasteiger partial charge in [0.2, 0.25) is 5.95 Å². The van der Waals surface area contributed by atoms with Crippen molar-refractivity contribution in [1.82, 2.24) is 15.0 Å². The van der Waals surface area contributed by atoms with Crippen LogP contribution in [-0.2, 0) is 6.18 Å². The van der Waals surface area contributed by atoms with Crippen molar-refractivity contribution in [2.45, 2.75) is 32.2 Å². The van der Waals surface area contributed by atoms with Crippen molar-refractivity contribution >= 4 is 50.3 Å². The number of fused-ring (bicyclic) bond motifs is 1. The third-order valence-corrected chi connectivity index (χ3v) is 6.26. The first-order valence-electron chi connectivity index (χ1n) is 9.66. The zero-order valence-corrected chi connectivity index (χ0v) is 19.1. The number of piperazine rings is 1. The van der Waals surface area contributed by atoms with Gasteiger partial charge in [0, 0.05) is 41.9 Å². The maximum Gasteiger partial charge on any atom is 0.416 e. The Balaban J connectivity index is 1.57. The molecule has 1 aliphatic heterocycles. The molecule has 2 atom stereocenters. The van der Waals surface area contributed by atoms with Crippen LogP contribution >= 0.6 is 27.5 Å². The highest BCUT2D eigenvalue weighted by atomic mass is 79.9. The van der Waals surface area contributed by atoms with E-state index in [0.717, 1.165) is 12.1 Å². The van der Waals surface area contributed by atoms with E-state index in [1.165, 1.54) is 0 Å². The Kier molecular flexibility index (Phi) is 5.82. The van der Waals surface area contributed by atoms with Gasteiger partial charge in [-0.25, -0.2) is 9.97 Å². The molecule has 3 heterocycles. The summed E-state index contributed by atoms with van der Waals surface area (Å²) in [6, 6.07) is 3.83. The van der Waals surface area contributed by atoms with E-state index in [2.05, 4.69) is 35.8 Å². The molecule has 6 nitrogen and oxygen atoms in total. The summed E-state index contributed by atoms with van der Waals surface area (Å²) in [6.45, 7) is 5.45. The molecule has 1 fully saturated rings. The first-order chi connectivity index (χ1) is 14.5. The molecule has 1 saturated heterocycles. The number of anilines is 2. The summed E-state index contributed by atoms with van der Waals surface area (Å²) in [6.07, 6.45) is -3.48. The molecule has 0 radical (unpaired) electrons. The fourth-order valence-electron chi connectivity index (χ4n) is 3.73. The van der Waals surface area contributed by atoms with E-state index in [1.807, 2.05) is 11.8 Å². The fourth-order valence-corrected chi connectivity index (χ4v) is 4.58. The molecule has 0 unspecified atom stereocenters. The highest BCUT2D eigenvalue weighted by molar-refractivity contribution is 9.10. The van der Waals surface area contributed by atoms with E-state index in [9.17, 15) is 18.3 Å². The number of hydrogen-bond acceptors (Lipinski definition) is 5. The third-order valence-electron chi connectivity index (χ3n) is 5.38. The Bertz CT molecular complexity index is 1120. The summed E-state index contributed by atoms with van der Waals surface area (Å²) >= 11 is 9.59. The molecule has 0 amide bonds. The zero-order valence-electron chi connectivity index (χ0n) is 16.7. The van der Waals surface area contributed by atoms with Crippen molar-refractivity contribution in [3.05, 3.63) is 45.0 Å². The second-order valence-electron chi connectivity index (χ2n) is 7.65. The predicted molar refractivity (Wildman–Crippen MR) is 118 cm³/mol. The molecule has 2 N–H and O–H groups in total. The largest absolute Gasteiger partial charge is 0.416 e. The number of aromatic amines is 1. The topological polar surface area (TPSA) is 68.3 Å². The molecule has 0 bridgehead atoms. The van der Waals surface area contributed by atoms with Crippen LogP contribution in [0, 0.1) is 0 Å². The van der Waals surface area contributed by atoms with E-state index >= 15 is 0 Å². The van der Waals surface area contributed by atoms with Gasteiger partial charge >= 0.3 is 6.18 Å². The lowest BCUT2D eigenvalue weighted by Crippen LogP contribution is -2.52. The molecule has 1 aliphatic rings. The maximum atomic E-state index is 13.1. The van der Waals surface area contributed by atoms with E-state index in [4.69, 9.17) is 11.6 Å². The Morgan fingerprint density at radius 2 is 2.03 bits per heavy atom. The van der Waals surface area contributed by atoms with Crippen molar-refractivity contribution in [2.75, 3.05) is 29.4 Å². The SMILES string of the molecule is C[C@H](O)c1cnc(N2CCN(c3nc4c(Br)cc(C(F)(F)F)cc4[nH]3)[C@H](C)C2)c(Cl)c1. The van der Waals surface area contributed by atoms with Crippen LogP contribution in [0.2, 0.25) is 5.02 Å². The minimum atomic E-state index is -4.43. The second-order valence-corrected chi connectivity index (χ2v) is 8.91. The van der Waals surface area contributed by atoms with Crippen LogP contribution in [0.4, 0.5) is 24.9 Å². The molecule has 0 spiro atoms. The average molecular weight is 519 g/mol. The third kappa shape index (κ3) is 4.33. The van der Waals surface area contributed by atoms with Crippen LogP contribution in [0.1, 0.15) is 31.1 Å². The molecule has 166 valence electrons. The van der Waals surface area contributed by atoms with Gasteiger partial charge < -0.3 is 19.9 Å². The number of hydrogen-bond donors (Lipinski definition) is 2. The number of nitrogens with zero attached hydrogens (tertiary/aromatic N) is 4. The lowest BCUT2D eigenvalue weighted by molar-refractivity contribution is -0.137. The molecule has 1 aromatic carbocycles. The molecule has 3 aromatic rings. The highest BCUT2D eigenvalue weighted by Gasteiger charge is 2.33. The van der Waals surface area contributed by atoms with Crippen LogP contribution < -0.4 is 9.80 Å². The number of H-pyrrole nitrogens is 1. The van der Waals surface area contributed by atoms with Crippen molar-refractivity contribution in [2.24, 2.45) is 0 Å². The van der Waals surface area contributed by atoms with E-state index < -0.39 is 17.8 Å². The summed E-state index contributed by atoms with van der Waals surface area (Å²) in [7, 11) is 0. The monoisotopic (exact) mass is 517 g/mol. The van der Waals surface area contributed by atoms with Gasteiger partial charge in [0.25, 0.3) is 0 Å². The van der Waals surface area contributed by atoms with E-state index in [0.29, 0.717) is 57.5 Å². The van der Waals surface area contributed by atoms with E-state index in [-0.39, 0.29) is 6.04 Å². The summed E-state index contributed by atoms with van der Waals surface area (Å²) in [5.41, 5.74) is 0.689. The van der Waals surface area contributed by atoms with Gasteiger partial charge in [-0.15, -0.1) is 0 Å². The second kappa shape index (κ2) is 8.14. The van der Waals surface area contributed by atoms with Crippen LogP contribution in [0.15, 0.2) is 28.9 Å². The summed E-state index contributed by atoms with van der Waals surface area (Å²) in [5, 5.41) is 10.2. The number of nitrogens with one attached hydrogen (secondary N) is 1. The smallest absolute Gasteiger partial charge is 0.389 e. The summed E-state index contributed by atoms with van der Waals surface area (Å²) in [5.74, 6) is 1.16. The lowest BCUT2D eigenvalue weighted by Gasteiger charge is -2.40. The number of alkyl halides is 3. The molecular formula is C20H20BrClF3N5O. The fraction of sp³-hybridized carbons (Fsp3) is 0.400. The highest BCUT2D eigenvalue weighted by Crippen LogP contribution is 2.36. The van der Waals surface area contributed by atoms with Gasteiger partial charge in [-0.1, -0.05) is 11.6 Å². The van der Waals surface area contributed by atoms with Gasteiger partial charge in [0.05, 0.1) is 22.2 Å². The number of rotatable bonds is 3. The maximum absolute atomic E-state index is 13.1. The Labute approximate surface area is 190 Å². The first kappa shape index (κ1) is 22.2. The van der Waals surface area contributed by atoms with Crippen molar-refractivity contribution in [3.8, 4) is 0 Å². The van der Waals surface area contributed by atoms with Gasteiger partial charge in [0.1, 0.15) is 11.3 Å². The number of pyridine rings is 1. The average Bonchev–Trinajstić information content (AvgIpc) is 3.11. The van der Waals surface area contributed by atoms with Crippen LogP contribution in [0.5, 0.6) is 0 Å². The molecule has 0 saturated carbocycles. The first-order valence-corrected chi connectivity index (χ1v) is 10.8. The number of aliphatic hydroxyl groups excluding tert-OH is 1. The lowest BCUT2D eigenvalue weighted by atomic mass is 10.1. The molecule has 2 aromatic heterocycles. The summed E-state index contributed by atoms with van der Waals surface area (Å²) in [4.78, 5) is 16.0. The van der Waals surface area contributed by atoms with Crippen LogP contribution in [-0.4, -0.2) is 45.7 Å². The number of benzene rings is 1. The Hall–Kier alpha value is -2.04. The van der Waals surface area contributed by atoms with Crippen LogP contribution in [0.25, 0.3) is 11.0 Å². The molecular weight excluding hydrogens is 499 g/mol. The normalized spacial score (nSPS) is 18.6. The predicted octanol–water partition coefficient (Wildman–Crippen LogP) is 5.16.